The standard InChI is InChI=1S/C19H17ClN4O6S/c1-28-15-6-3-11(7-16(15)29-2)8-18-22-23-19(30-18)31-10-17(25)21-14-9-12(24(26)27)4-5-13(14)20/h3-7,9H,8,10H2,1-2H3,(H,21,25). The molecule has 0 atom stereocenters. The molecule has 0 spiro atoms. The van der Waals surface area contributed by atoms with Crippen LogP contribution in [0, 0.1) is 10.1 Å². The van der Waals surface area contributed by atoms with E-state index in [1.807, 2.05) is 12.1 Å². The van der Waals surface area contributed by atoms with Gasteiger partial charge in [-0.1, -0.05) is 29.4 Å². The van der Waals surface area contributed by atoms with Gasteiger partial charge in [-0.3, -0.25) is 14.9 Å². The predicted octanol–water partition coefficient (Wildman–Crippen LogP) is 3.97. The molecule has 0 bridgehead atoms. The smallest absolute Gasteiger partial charge is 0.277 e. The van der Waals surface area contributed by atoms with E-state index < -0.39 is 10.8 Å². The van der Waals surface area contributed by atoms with Crippen molar-refractivity contribution in [3.05, 3.63) is 63.0 Å². The number of hydrogen-bond donors (Lipinski definition) is 1. The third kappa shape index (κ3) is 5.86. The molecule has 10 nitrogen and oxygen atoms in total. The van der Waals surface area contributed by atoms with Gasteiger partial charge in [0.1, 0.15) is 0 Å². The van der Waals surface area contributed by atoms with Crippen molar-refractivity contribution in [2.75, 3.05) is 25.3 Å². The first kappa shape index (κ1) is 22.4. The molecule has 0 saturated carbocycles. The van der Waals surface area contributed by atoms with E-state index in [2.05, 4.69) is 15.5 Å². The number of methoxy groups -OCH3 is 2. The summed E-state index contributed by atoms with van der Waals surface area (Å²) < 4.78 is 16.1. The van der Waals surface area contributed by atoms with Crippen molar-refractivity contribution in [3.63, 3.8) is 0 Å². The molecule has 3 rings (SSSR count). The number of hydrogen-bond acceptors (Lipinski definition) is 9. The molecule has 0 radical (unpaired) electrons. The van der Waals surface area contributed by atoms with Crippen molar-refractivity contribution in [2.24, 2.45) is 0 Å². The molecule has 0 aliphatic carbocycles. The van der Waals surface area contributed by atoms with Gasteiger partial charge in [-0.15, -0.1) is 10.2 Å². The minimum atomic E-state index is -0.570. The van der Waals surface area contributed by atoms with Gasteiger partial charge < -0.3 is 19.2 Å². The Morgan fingerprint density at radius 3 is 2.68 bits per heavy atom. The minimum Gasteiger partial charge on any atom is -0.493 e. The number of benzene rings is 2. The van der Waals surface area contributed by atoms with Crippen LogP contribution in [0.15, 0.2) is 46.0 Å². The number of rotatable bonds is 9. The van der Waals surface area contributed by atoms with Gasteiger partial charge >= 0.3 is 0 Å². The molecule has 162 valence electrons. The number of nitro groups is 1. The highest BCUT2D eigenvalue weighted by atomic mass is 35.5. The normalized spacial score (nSPS) is 10.5. The Morgan fingerprint density at radius 1 is 1.19 bits per heavy atom. The number of ether oxygens (including phenoxy) is 2. The first-order valence-electron chi connectivity index (χ1n) is 8.79. The zero-order chi connectivity index (χ0) is 22.4. The summed E-state index contributed by atoms with van der Waals surface area (Å²) in [5.74, 6) is 1.11. The lowest BCUT2D eigenvalue weighted by Crippen LogP contribution is -2.14. The number of anilines is 1. The largest absolute Gasteiger partial charge is 0.493 e. The highest BCUT2D eigenvalue weighted by molar-refractivity contribution is 7.99. The minimum absolute atomic E-state index is 0.0446. The number of nitrogens with one attached hydrogen (secondary N) is 1. The van der Waals surface area contributed by atoms with Gasteiger partial charge in [-0.05, 0) is 23.8 Å². The van der Waals surface area contributed by atoms with Crippen molar-refractivity contribution in [1.29, 1.82) is 0 Å². The molecule has 1 heterocycles. The molecule has 1 N–H and O–H groups in total. The third-order valence-electron chi connectivity index (χ3n) is 4.01. The predicted molar refractivity (Wildman–Crippen MR) is 114 cm³/mol. The van der Waals surface area contributed by atoms with E-state index in [-0.39, 0.29) is 27.4 Å². The first-order chi connectivity index (χ1) is 14.9. The summed E-state index contributed by atoms with van der Waals surface area (Å²) >= 11 is 7.02. The second-order valence-corrected chi connectivity index (χ2v) is 7.42. The van der Waals surface area contributed by atoms with Crippen molar-refractivity contribution in [1.82, 2.24) is 10.2 Å². The van der Waals surface area contributed by atoms with Crippen LogP contribution in [0.3, 0.4) is 0 Å². The summed E-state index contributed by atoms with van der Waals surface area (Å²) in [6.45, 7) is 0. The zero-order valence-corrected chi connectivity index (χ0v) is 18.0. The molecule has 0 saturated heterocycles. The average Bonchev–Trinajstić information content (AvgIpc) is 3.20. The number of aromatic nitrogens is 2. The number of halogens is 1. The summed E-state index contributed by atoms with van der Waals surface area (Å²) in [6, 6.07) is 9.25. The van der Waals surface area contributed by atoms with Crippen molar-refractivity contribution < 1.29 is 23.6 Å². The fraction of sp³-hybridized carbons (Fsp3) is 0.211. The summed E-state index contributed by atoms with van der Waals surface area (Å²) in [5, 5.41) is 21.7. The van der Waals surface area contributed by atoms with Crippen LogP contribution in [0.25, 0.3) is 0 Å². The fourth-order valence-electron chi connectivity index (χ4n) is 2.57. The second-order valence-electron chi connectivity index (χ2n) is 6.09. The lowest BCUT2D eigenvalue weighted by Gasteiger charge is -2.08. The van der Waals surface area contributed by atoms with Gasteiger partial charge in [0.05, 0.1) is 42.0 Å². The van der Waals surface area contributed by atoms with E-state index >= 15 is 0 Å². The number of nitro benzene ring substituents is 1. The van der Waals surface area contributed by atoms with E-state index in [0.717, 1.165) is 17.3 Å². The van der Waals surface area contributed by atoms with E-state index in [0.29, 0.717) is 23.8 Å². The van der Waals surface area contributed by atoms with Crippen LogP contribution in [0.1, 0.15) is 11.5 Å². The zero-order valence-electron chi connectivity index (χ0n) is 16.5. The highest BCUT2D eigenvalue weighted by Crippen LogP contribution is 2.29. The van der Waals surface area contributed by atoms with Gasteiger partial charge in [-0.25, -0.2) is 0 Å². The molecule has 12 heteroatoms. The maximum absolute atomic E-state index is 12.2. The first-order valence-corrected chi connectivity index (χ1v) is 10.2. The number of thioether (sulfide) groups is 1. The monoisotopic (exact) mass is 464 g/mol. The molecule has 1 aromatic heterocycles. The Morgan fingerprint density at radius 2 is 1.97 bits per heavy atom. The van der Waals surface area contributed by atoms with Gasteiger partial charge in [-0.2, -0.15) is 0 Å². The molecule has 31 heavy (non-hydrogen) atoms. The third-order valence-corrected chi connectivity index (χ3v) is 5.16. The van der Waals surface area contributed by atoms with Crippen LogP contribution >= 0.6 is 23.4 Å². The second kappa shape index (κ2) is 10.1. The van der Waals surface area contributed by atoms with Crippen molar-refractivity contribution >= 4 is 40.6 Å². The van der Waals surface area contributed by atoms with Crippen LogP contribution in [0.2, 0.25) is 5.02 Å². The Bertz CT molecular complexity index is 1110. The van der Waals surface area contributed by atoms with Gasteiger partial charge in [0.2, 0.25) is 11.8 Å². The topological polar surface area (TPSA) is 130 Å². The molecule has 0 aliphatic heterocycles. The Labute approximate surface area is 186 Å². The molecule has 0 fully saturated rings. The van der Waals surface area contributed by atoms with E-state index in [9.17, 15) is 14.9 Å². The van der Waals surface area contributed by atoms with Crippen LogP contribution in [0.4, 0.5) is 11.4 Å². The Balaban J connectivity index is 1.57. The van der Waals surface area contributed by atoms with Gasteiger partial charge in [0.15, 0.2) is 11.5 Å². The molecule has 0 aliphatic rings. The molecule has 3 aromatic rings. The molecule has 1 amide bonds. The van der Waals surface area contributed by atoms with E-state index in [4.69, 9.17) is 25.5 Å². The van der Waals surface area contributed by atoms with Crippen molar-refractivity contribution in [3.8, 4) is 11.5 Å². The summed E-state index contributed by atoms with van der Waals surface area (Å²) in [7, 11) is 3.11. The lowest BCUT2D eigenvalue weighted by molar-refractivity contribution is -0.384. The quantitative estimate of drug-likeness (QED) is 0.284. The summed E-state index contributed by atoms with van der Waals surface area (Å²) in [5.41, 5.74) is 0.862. The molecule has 2 aromatic carbocycles. The van der Waals surface area contributed by atoms with E-state index in [1.54, 1.807) is 20.3 Å². The lowest BCUT2D eigenvalue weighted by atomic mass is 10.1. The summed E-state index contributed by atoms with van der Waals surface area (Å²) in [4.78, 5) is 22.5. The fourth-order valence-corrected chi connectivity index (χ4v) is 3.31. The maximum Gasteiger partial charge on any atom is 0.277 e. The molecular formula is C19H17ClN4O6S. The Kier molecular flexibility index (Phi) is 7.32. The SMILES string of the molecule is COc1ccc(Cc2nnc(SCC(=O)Nc3cc([N+](=O)[O-])ccc3Cl)o2)cc1OC. The molecular weight excluding hydrogens is 448 g/mol. The van der Waals surface area contributed by atoms with Crippen LogP contribution in [0.5, 0.6) is 11.5 Å². The Hall–Kier alpha value is -3.31. The number of amides is 1. The van der Waals surface area contributed by atoms with Gasteiger partial charge in [0.25, 0.3) is 10.9 Å². The van der Waals surface area contributed by atoms with Crippen LogP contribution in [-0.4, -0.2) is 41.0 Å². The molecule has 0 unspecified atom stereocenters. The van der Waals surface area contributed by atoms with E-state index in [1.165, 1.54) is 18.2 Å². The maximum atomic E-state index is 12.2. The van der Waals surface area contributed by atoms with Crippen LogP contribution < -0.4 is 14.8 Å². The van der Waals surface area contributed by atoms with Crippen molar-refractivity contribution in [2.45, 2.75) is 11.6 Å². The van der Waals surface area contributed by atoms with Crippen LogP contribution in [-0.2, 0) is 11.2 Å². The average molecular weight is 465 g/mol. The number of carbonyl (C=O) groups is 1. The highest BCUT2D eigenvalue weighted by Gasteiger charge is 2.15. The van der Waals surface area contributed by atoms with Gasteiger partial charge in [0, 0.05) is 12.1 Å². The number of non-ortho nitro benzene ring substituents is 1. The number of carbonyl (C=O) groups excluding carboxylic acids is 1. The summed E-state index contributed by atoms with van der Waals surface area (Å²) in [6.07, 6.45) is 0.378. The number of nitrogens with zero attached hydrogens (tertiary/aromatic N) is 3.